The van der Waals surface area contributed by atoms with Gasteiger partial charge in [-0.1, -0.05) is 66.0 Å². The average Bonchev–Trinajstić information content (AvgIpc) is 2.92. The summed E-state index contributed by atoms with van der Waals surface area (Å²) in [5.74, 6) is -0.717. The summed E-state index contributed by atoms with van der Waals surface area (Å²) in [6, 6.07) is 16.9. The van der Waals surface area contributed by atoms with Crippen molar-refractivity contribution in [2.45, 2.75) is 37.8 Å². The van der Waals surface area contributed by atoms with Gasteiger partial charge < -0.3 is 15.0 Å². The number of carbonyl (C=O) groups is 2. The van der Waals surface area contributed by atoms with Crippen LogP contribution in [0, 0.1) is 6.92 Å². The second-order valence-electron chi connectivity index (χ2n) is 8.79. The van der Waals surface area contributed by atoms with E-state index in [9.17, 15) is 18.0 Å². The Morgan fingerprint density at radius 2 is 1.69 bits per heavy atom. The molecule has 11 heteroatoms. The van der Waals surface area contributed by atoms with Crippen LogP contribution >= 0.6 is 23.2 Å². The molecule has 0 aliphatic rings. The van der Waals surface area contributed by atoms with E-state index in [0.717, 1.165) is 9.87 Å². The van der Waals surface area contributed by atoms with Gasteiger partial charge in [0.25, 0.3) is 10.0 Å². The fourth-order valence-corrected chi connectivity index (χ4v) is 6.00. The number of rotatable bonds is 11. The van der Waals surface area contributed by atoms with Crippen LogP contribution in [0.1, 0.15) is 24.5 Å². The van der Waals surface area contributed by atoms with E-state index < -0.39 is 28.5 Å². The van der Waals surface area contributed by atoms with Crippen LogP contribution in [0.3, 0.4) is 0 Å². The standard InChI is InChI=1S/C28H31Cl2N3O5S/c1-5-24(28(35)31-3)32(17-20-12-13-21(29)16-23(20)30)27(34)18-33(25-8-6-7-9-26(25)38-4)39(36,37)22-14-10-19(2)11-15-22/h6-16,24H,5,17-18H2,1-4H3,(H,31,35). The van der Waals surface area contributed by atoms with Crippen molar-refractivity contribution in [2.24, 2.45) is 0 Å². The Morgan fingerprint density at radius 3 is 2.28 bits per heavy atom. The zero-order valence-corrected chi connectivity index (χ0v) is 24.5. The number of hydrogen-bond donors (Lipinski definition) is 1. The average molecular weight is 593 g/mol. The van der Waals surface area contributed by atoms with Gasteiger partial charge in [0.2, 0.25) is 11.8 Å². The monoisotopic (exact) mass is 591 g/mol. The molecule has 208 valence electrons. The van der Waals surface area contributed by atoms with Gasteiger partial charge in [-0.2, -0.15) is 0 Å². The largest absolute Gasteiger partial charge is 0.495 e. The highest BCUT2D eigenvalue weighted by atomic mass is 35.5. The Morgan fingerprint density at radius 1 is 1.03 bits per heavy atom. The smallest absolute Gasteiger partial charge is 0.264 e. The van der Waals surface area contributed by atoms with E-state index in [1.807, 2.05) is 6.92 Å². The second kappa shape index (κ2) is 13.2. The van der Waals surface area contributed by atoms with Crippen LogP contribution in [0.15, 0.2) is 71.6 Å². The Hall–Kier alpha value is -3.27. The van der Waals surface area contributed by atoms with Gasteiger partial charge in [0.1, 0.15) is 18.3 Å². The van der Waals surface area contributed by atoms with Crippen molar-refractivity contribution in [1.82, 2.24) is 10.2 Å². The number of aryl methyl sites for hydroxylation is 1. The van der Waals surface area contributed by atoms with E-state index >= 15 is 0 Å². The minimum atomic E-state index is -4.22. The van der Waals surface area contributed by atoms with Crippen molar-refractivity contribution in [2.75, 3.05) is 25.0 Å². The van der Waals surface area contributed by atoms with Crippen LogP contribution in [0.4, 0.5) is 5.69 Å². The van der Waals surface area contributed by atoms with E-state index in [4.69, 9.17) is 27.9 Å². The maximum absolute atomic E-state index is 14.0. The number of methoxy groups -OCH3 is 1. The molecule has 0 aromatic heterocycles. The van der Waals surface area contributed by atoms with Gasteiger partial charge in [0.15, 0.2) is 0 Å². The number of amides is 2. The molecule has 0 aliphatic heterocycles. The molecular weight excluding hydrogens is 561 g/mol. The quantitative estimate of drug-likeness (QED) is 0.336. The highest BCUT2D eigenvalue weighted by Crippen LogP contribution is 2.33. The minimum Gasteiger partial charge on any atom is -0.495 e. The van der Waals surface area contributed by atoms with E-state index in [2.05, 4.69) is 5.32 Å². The number of ether oxygens (including phenoxy) is 1. The molecule has 0 saturated heterocycles. The predicted octanol–water partition coefficient (Wildman–Crippen LogP) is 5.06. The maximum atomic E-state index is 14.0. The molecule has 3 rings (SSSR count). The first-order valence-electron chi connectivity index (χ1n) is 12.2. The topological polar surface area (TPSA) is 96.0 Å². The molecule has 0 spiro atoms. The second-order valence-corrected chi connectivity index (χ2v) is 11.5. The number of halogens is 2. The van der Waals surface area contributed by atoms with Gasteiger partial charge in [-0.05, 0) is 55.3 Å². The molecule has 2 amide bonds. The van der Waals surface area contributed by atoms with Crippen molar-refractivity contribution in [1.29, 1.82) is 0 Å². The molecule has 0 heterocycles. The van der Waals surface area contributed by atoms with Gasteiger partial charge in [0, 0.05) is 23.6 Å². The highest BCUT2D eigenvalue weighted by Gasteiger charge is 2.34. The third kappa shape index (κ3) is 7.03. The van der Waals surface area contributed by atoms with Gasteiger partial charge in [-0.3, -0.25) is 13.9 Å². The van der Waals surface area contributed by atoms with Crippen LogP contribution in [0.2, 0.25) is 10.0 Å². The Bertz CT molecular complexity index is 1430. The molecular formula is C28H31Cl2N3O5S. The zero-order chi connectivity index (χ0) is 28.7. The summed E-state index contributed by atoms with van der Waals surface area (Å²) in [6.45, 7) is 2.99. The van der Waals surface area contributed by atoms with E-state index in [0.29, 0.717) is 15.6 Å². The van der Waals surface area contributed by atoms with Gasteiger partial charge in [0.05, 0.1) is 17.7 Å². The molecule has 0 aliphatic carbocycles. The van der Waals surface area contributed by atoms with Gasteiger partial charge in [-0.15, -0.1) is 0 Å². The molecule has 0 radical (unpaired) electrons. The fourth-order valence-electron chi connectivity index (χ4n) is 4.11. The molecule has 3 aromatic carbocycles. The van der Waals surface area contributed by atoms with Crippen LogP contribution in [-0.2, 0) is 26.2 Å². The molecule has 0 fully saturated rings. The Kier molecular flexibility index (Phi) is 10.2. The summed E-state index contributed by atoms with van der Waals surface area (Å²) in [5, 5.41) is 3.33. The first-order valence-corrected chi connectivity index (χ1v) is 14.4. The fraction of sp³-hybridized carbons (Fsp3) is 0.286. The Labute approximate surface area is 239 Å². The molecule has 1 unspecified atom stereocenters. The van der Waals surface area contributed by atoms with Crippen LogP contribution in [0.5, 0.6) is 5.75 Å². The van der Waals surface area contributed by atoms with Crippen molar-refractivity contribution in [3.63, 3.8) is 0 Å². The van der Waals surface area contributed by atoms with Crippen molar-refractivity contribution in [3.05, 3.63) is 87.9 Å². The van der Waals surface area contributed by atoms with E-state index in [1.165, 1.54) is 31.2 Å². The number of para-hydroxylation sites is 2. The molecule has 0 bridgehead atoms. The lowest BCUT2D eigenvalue weighted by Gasteiger charge is -2.33. The first kappa shape index (κ1) is 30.3. The number of nitrogens with one attached hydrogen (secondary N) is 1. The van der Waals surface area contributed by atoms with Crippen LogP contribution in [-0.4, -0.2) is 51.9 Å². The van der Waals surface area contributed by atoms with Crippen LogP contribution < -0.4 is 14.4 Å². The number of sulfonamides is 1. The van der Waals surface area contributed by atoms with Crippen molar-refractivity contribution < 1.29 is 22.7 Å². The zero-order valence-electron chi connectivity index (χ0n) is 22.1. The Balaban J connectivity index is 2.12. The number of nitrogens with zero attached hydrogens (tertiary/aromatic N) is 2. The third-order valence-electron chi connectivity index (χ3n) is 6.23. The molecule has 0 saturated carbocycles. The summed E-state index contributed by atoms with van der Waals surface area (Å²) in [4.78, 5) is 28.2. The number of anilines is 1. The summed E-state index contributed by atoms with van der Waals surface area (Å²) in [7, 11) is -1.32. The summed E-state index contributed by atoms with van der Waals surface area (Å²) < 4.78 is 34.3. The molecule has 1 N–H and O–H groups in total. The van der Waals surface area contributed by atoms with Crippen LogP contribution in [0.25, 0.3) is 0 Å². The predicted molar refractivity (Wildman–Crippen MR) is 154 cm³/mol. The lowest BCUT2D eigenvalue weighted by atomic mass is 10.1. The summed E-state index contributed by atoms with van der Waals surface area (Å²) in [6.07, 6.45) is 0.288. The SMILES string of the molecule is CCC(C(=O)NC)N(Cc1ccc(Cl)cc1Cl)C(=O)CN(c1ccccc1OC)S(=O)(=O)c1ccc(C)cc1. The molecule has 8 nitrogen and oxygen atoms in total. The molecule has 3 aromatic rings. The van der Waals surface area contributed by atoms with Crippen molar-refractivity contribution >= 4 is 50.7 Å². The number of hydrogen-bond acceptors (Lipinski definition) is 5. The third-order valence-corrected chi connectivity index (χ3v) is 8.59. The van der Waals surface area contributed by atoms with Crippen molar-refractivity contribution in [3.8, 4) is 5.75 Å². The summed E-state index contributed by atoms with van der Waals surface area (Å²) >= 11 is 12.4. The maximum Gasteiger partial charge on any atom is 0.264 e. The summed E-state index contributed by atoms with van der Waals surface area (Å²) in [5.41, 5.74) is 1.63. The number of carbonyl (C=O) groups excluding carboxylic acids is 2. The number of likely N-dealkylation sites (N-methyl/N-ethyl adjacent to an activating group) is 1. The molecule has 1 atom stereocenters. The number of benzene rings is 3. The van der Waals surface area contributed by atoms with Gasteiger partial charge >= 0.3 is 0 Å². The molecule has 39 heavy (non-hydrogen) atoms. The van der Waals surface area contributed by atoms with Gasteiger partial charge in [-0.25, -0.2) is 8.42 Å². The highest BCUT2D eigenvalue weighted by molar-refractivity contribution is 7.92. The lowest BCUT2D eigenvalue weighted by Crippen LogP contribution is -2.51. The van der Waals surface area contributed by atoms with E-state index in [1.54, 1.807) is 61.5 Å². The normalized spacial score (nSPS) is 11.9. The van der Waals surface area contributed by atoms with E-state index in [-0.39, 0.29) is 35.2 Å². The minimum absolute atomic E-state index is 0.0115. The lowest BCUT2D eigenvalue weighted by molar-refractivity contribution is -0.140. The first-order chi connectivity index (χ1) is 18.5.